The monoisotopic (exact) mass is 262 g/mol. The molecule has 3 nitrogen and oxygen atoms in total. The first-order chi connectivity index (χ1) is 7.36. The highest BCUT2D eigenvalue weighted by atomic mass is 35.5. The second-order valence-corrected chi connectivity index (χ2v) is 6.72. The van der Waals surface area contributed by atoms with Crippen molar-refractivity contribution in [1.82, 2.24) is 0 Å². The highest BCUT2D eigenvalue weighted by molar-refractivity contribution is 7.91. The fourth-order valence-corrected chi connectivity index (χ4v) is 2.82. The van der Waals surface area contributed by atoms with E-state index in [0.717, 1.165) is 5.56 Å². The molecular formula is C11H15ClO3S. The average Bonchev–Trinajstić information content (AvgIpc) is 2.21. The van der Waals surface area contributed by atoms with Gasteiger partial charge >= 0.3 is 0 Å². The minimum Gasteiger partial charge on any atom is -0.395 e. The maximum absolute atomic E-state index is 11.7. The lowest BCUT2D eigenvalue weighted by atomic mass is 10.2. The second kappa shape index (κ2) is 5.17. The van der Waals surface area contributed by atoms with Crippen LogP contribution in [0.5, 0.6) is 0 Å². The zero-order valence-electron chi connectivity index (χ0n) is 9.27. The number of aryl methyl sites for hydroxylation is 1. The van der Waals surface area contributed by atoms with E-state index in [4.69, 9.17) is 16.7 Å². The number of sulfone groups is 1. The summed E-state index contributed by atoms with van der Waals surface area (Å²) >= 11 is 5.96. The highest BCUT2D eigenvalue weighted by Gasteiger charge is 2.21. The molecule has 0 aliphatic carbocycles. The van der Waals surface area contributed by atoms with Crippen molar-refractivity contribution in [2.75, 3.05) is 6.61 Å². The van der Waals surface area contributed by atoms with Crippen LogP contribution in [0.4, 0.5) is 0 Å². The Morgan fingerprint density at radius 1 is 1.44 bits per heavy atom. The Morgan fingerprint density at radius 2 is 2.06 bits per heavy atom. The molecule has 0 saturated heterocycles. The van der Waals surface area contributed by atoms with Gasteiger partial charge in [0, 0.05) is 5.02 Å². The van der Waals surface area contributed by atoms with Gasteiger partial charge in [0.05, 0.1) is 17.6 Å². The van der Waals surface area contributed by atoms with E-state index >= 15 is 0 Å². The van der Waals surface area contributed by atoms with Crippen LogP contribution in [0.3, 0.4) is 0 Å². The lowest BCUT2D eigenvalue weighted by Gasteiger charge is -2.11. The predicted octanol–water partition coefficient (Wildman–Crippen LogP) is 1.94. The number of aliphatic hydroxyl groups excluding tert-OH is 1. The van der Waals surface area contributed by atoms with Crippen LogP contribution in [-0.2, 0) is 15.6 Å². The molecule has 90 valence electrons. The minimum absolute atomic E-state index is 0.131. The van der Waals surface area contributed by atoms with Crippen molar-refractivity contribution in [2.24, 2.45) is 0 Å². The third kappa shape index (κ3) is 3.20. The van der Waals surface area contributed by atoms with E-state index in [1.807, 2.05) is 13.0 Å². The molecule has 1 aromatic carbocycles. The third-order valence-corrected chi connectivity index (χ3v) is 4.88. The van der Waals surface area contributed by atoms with Crippen molar-refractivity contribution in [3.8, 4) is 0 Å². The Balaban J connectivity index is 2.97. The third-order valence-electron chi connectivity index (χ3n) is 2.44. The van der Waals surface area contributed by atoms with Gasteiger partial charge in [-0.3, -0.25) is 0 Å². The molecule has 0 saturated carbocycles. The molecule has 1 aromatic rings. The summed E-state index contributed by atoms with van der Waals surface area (Å²) in [6, 6.07) is 5.26. The fraction of sp³-hybridized carbons (Fsp3) is 0.455. The first-order valence-corrected chi connectivity index (χ1v) is 7.03. The van der Waals surface area contributed by atoms with Crippen molar-refractivity contribution in [2.45, 2.75) is 24.9 Å². The van der Waals surface area contributed by atoms with Crippen LogP contribution >= 0.6 is 11.6 Å². The number of aliphatic hydroxyl groups is 1. The number of benzene rings is 1. The summed E-state index contributed by atoms with van der Waals surface area (Å²) in [4.78, 5) is 0. The van der Waals surface area contributed by atoms with Crippen LogP contribution in [0.15, 0.2) is 18.2 Å². The summed E-state index contributed by atoms with van der Waals surface area (Å²) in [5, 5.41) is 8.54. The van der Waals surface area contributed by atoms with Crippen LogP contribution in [0, 0.1) is 6.92 Å². The Bertz CT molecular complexity index is 468. The molecule has 0 aliphatic heterocycles. The van der Waals surface area contributed by atoms with Gasteiger partial charge in [0.15, 0.2) is 9.84 Å². The molecule has 0 aliphatic rings. The van der Waals surface area contributed by atoms with Gasteiger partial charge in [-0.2, -0.15) is 0 Å². The van der Waals surface area contributed by atoms with Gasteiger partial charge in [0.1, 0.15) is 0 Å². The van der Waals surface area contributed by atoms with Crippen molar-refractivity contribution in [1.29, 1.82) is 0 Å². The number of halogens is 1. The van der Waals surface area contributed by atoms with Gasteiger partial charge in [0.2, 0.25) is 0 Å². The van der Waals surface area contributed by atoms with Gasteiger partial charge in [-0.1, -0.05) is 23.7 Å². The predicted molar refractivity (Wildman–Crippen MR) is 65.4 cm³/mol. The smallest absolute Gasteiger partial charge is 0.159 e. The average molecular weight is 263 g/mol. The zero-order chi connectivity index (χ0) is 12.3. The maximum Gasteiger partial charge on any atom is 0.159 e. The Morgan fingerprint density at radius 3 is 2.56 bits per heavy atom. The van der Waals surface area contributed by atoms with Gasteiger partial charge < -0.3 is 5.11 Å². The van der Waals surface area contributed by atoms with Gasteiger partial charge in [-0.05, 0) is 31.0 Å². The normalized spacial score (nSPS) is 13.8. The fourth-order valence-electron chi connectivity index (χ4n) is 1.24. The molecule has 1 unspecified atom stereocenters. The number of hydrogen-bond donors (Lipinski definition) is 1. The number of rotatable bonds is 4. The van der Waals surface area contributed by atoms with E-state index < -0.39 is 15.1 Å². The molecule has 0 radical (unpaired) electrons. The SMILES string of the molecule is Cc1ccc(CS(=O)(=O)C(C)CO)c(Cl)c1. The summed E-state index contributed by atoms with van der Waals surface area (Å²) in [6.07, 6.45) is 0. The van der Waals surface area contributed by atoms with E-state index in [9.17, 15) is 8.42 Å². The molecular weight excluding hydrogens is 248 g/mol. The topological polar surface area (TPSA) is 54.4 Å². The molecule has 1 N–H and O–H groups in total. The summed E-state index contributed by atoms with van der Waals surface area (Å²) in [5.74, 6) is -0.131. The molecule has 0 spiro atoms. The number of hydrogen-bond acceptors (Lipinski definition) is 3. The first kappa shape index (κ1) is 13.5. The molecule has 0 bridgehead atoms. The molecule has 0 fully saturated rings. The van der Waals surface area contributed by atoms with E-state index in [1.165, 1.54) is 6.92 Å². The molecule has 0 amide bonds. The maximum atomic E-state index is 11.7. The molecule has 1 atom stereocenters. The Kier molecular flexibility index (Phi) is 4.35. The van der Waals surface area contributed by atoms with E-state index in [1.54, 1.807) is 12.1 Å². The van der Waals surface area contributed by atoms with Gasteiger partial charge in [-0.15, -0.1) is 0 Å². The van der Waals surface area contributed by atoms with Crippen LogP contribution < -0.4 is 0 Å². The van der Waals surface area contributed by atoms with Gasteiger partial charge in [-0.25, -0.2) is 8.42 Å². The summed E-state index contributed by atoms with van der Waals surface area (Å²) in [5.41, 5.74) is 1.56. The van der Waals surface area contributed by atoms with E-state index in [2.05, 4.69) is 0 Å². The Hall–Kier alpha value is -0.580. The Labute approximate surface area is 101 Å². The molecule has 16 heavy (non-hydrogen) atoms. The van der Waals surface area contributed by atoms with E-state index in [-0.39, 0.29) is 12.4 Å². The minimum atomic E-state index is -3.33. The second-order valence-electron chi connectivity index (χ2n) is 3.90. The summed E-state index contributed by atoms with van der Waals surface area (Å²) < 4.78 is 23.5. The van der Waals surface area contributed by atoms with Gasteiger partial charge in [0.25, 0.3) is 0 Å². The van der Waals surface area contributed by atoms with Crippen molar-refractivity contribution in [3.05, 3.63) is 34.3 Å². The largest absolute Gasteiger partial charge is 0.395 e. The molecule has 0 heterocycles. The lowest BCUT2D eigenvalue weighted by molar-refractivity contribution is 0.295. The van der Waals surface area contributed by atoms with Crippen LogP contribution in [-0.4, -0.2) is 25.4 Å². The van der Waals surface area contributed by atoms with Crippen LogP contribution in [0.1, 0.15) is 18.1 Å². The standard InChI is InChI=1S/C11H15ClO3S/c1-8-3-4-10(11(12)5-8)7-16(14,15)9(2)6-13/h3-5,9,13H,6-7H2,1-2H3. The van der Waals surface area contributed by atoms with Crippen molar-refractivity contribution >= 4 is 21.4 Å². The summed E-state index contributed by atoms with van der Waals surface area (Å²) in [7, 11) is -3.33. The van der Waals surface area contributed by atoms with Crippen LogP contribution in [0.25, 0.3) is 0 Å². The van der Waals surface area contributed by atoms with Crippen LogP contribution in [0.2, 0.25) is 5.02 Å². The van der Waals surface area contributed by atoms with E-state index in [0.29, 0.717) is 10.6 Å². The highest BCUT2D eigenvalue weighted by Crippen LogP contribution is 2.21. The lowest BCUT2D eigenvalue weighted by Crippen LogP contribution is -2.23. The summed E-state index contributed by atoms with van der Waals surface area (Å²) in [6.45, 7) is 3.00. The molecule has 1 rings (SSSR count). The van der Waals surface area contributed by atoms with Crippen molar-refractivity contribution < 1.29 is 13.5 Å². The molecule has 5 heteroatoms. The quantitative estimate of drug-likeness (QED) is 0.902. The zero-order valence-corrected chi connectivity index (χ0v) is 10.8. The first-order valence-electron chi connectivity index (χ1n) is 4.94. The molecule has 0 aromatic heterocycles. The van der Waals surface area contributed by atoms with Crippen molar-refractivity contribution in [3.63, 3.8) is 0 Å².